The molecule has 140 valence electrons. The molecule has 1 N–H and O–H groups in total. The molecule has 1 amide bonds. The van der Waals surface area contributed by atoms with Gasteiger partial charge in [0, 0.05) is 11.6 Å². The number of fused-ring (bicyclic) bond motifs is 2. The van der Waals surface area contributed by atoms with Crippen LogP contribution in [0.15, 0.2) is 57.7 Å². The van der Waals surface area contributed by atoms with Gasteiger partial charge in [-0.2, -0.15) is 0 Å². The van der Waals surface area contributed by atoms with Gasteiger partial charge in [-0.3, -0.25) is 9.59 Å². The third-order valence-corrected chi connectivity index (χ3v) is 4.68. The van der Waals surface area contributed by atoms with Crippen LogP contribution in [0.1, 0.15) is 21.6 Å². The average Bonchev–Trinajstić information content (AvgIpc) is 2.68. The fraction of sp³-hybridized carbons (Fsp3) is 0.0952. The number of nitrogens with one attached hydrogen (secondary N) is 1. The van der Waals surface area contributed by atoms with E-state index in [0.717, 1.165) is 11.6 Å². The molecule has 5 nitrogen and oxygen atoms in total. The second-order valence-corrected chi connectivity index (χ2v) is 6.79. The van der Waals surface area contributed by atoms with Crippen molar-refractivity contribution in [2.75, 3.05) is 0 Å². The maximum Gasteiger partial charge on any atom is 0.253 e. The molecular weight excluding hydrogens is 383 g/mol. The first kappa shape index (κ1) is 18.1. The normalized spacial score (nSPS) is 11.1. The van der Waals surface area contributed by atoms with Gasteiger partial charge in [0.25, 0.3) is 5.91 Å². The summed E-state index contributed by atoms with van der Waals surface area (Å²) < 4.78 is 19.1. The molecule has 28 heavy (non-hydrogen) atoms. The van der Waals surface area contributed by atoms with Crippen LogP contribution in [0, 0.1) is 12.7 Å². The average molecular weight is 397 g/mol. The van der Waals surface area contributed by atoms with E-state index in [-0.39, 0.29) is 33.5 Å². The van der Waals surface area contributed by atoms with Gasteiger partial charge < -0.3 is 9.73 Å². The number of aromatic nitrogens is 1. The van der Waals surface area contributed by atoms with E-state index in [9.17, 15) is 14.0 Å². The SMILES string of the molecule is Cc1nc2oc3ccc(F)cc3c(=O)c2cc1C(=O)NCc1ccc(Cl)cc1. The van der Waals surface area contributed by atoms with Crippen molar-refractivity contribution in [3.63, 3.8) is 0 Å². The summed E-state index contributed by atoms with van der Waals surface area (Å²) in [5, 5.41) is 3.63. The zero-order chi connectivity index (χ0) is 19.8. The first-order chi connectivity index (χ1) is 13.4. The van der Waals surface area contributed by atoms with E-state index in [0.29, 0.717) is 17.3 Å². The molecule has 2 aromatic heterocycles. The number of carbonyl (C=O) groups excluding carboxylic acids is 1. The molecule has 0 spiro atoms. The van der Waals surface area contributed by atoms with Crippen LogP contribution in [-0.2, 0) is 6.54 Å². The zero-order valence-corrected chi connectivity index (χ0v) is 15.5. The summed E-state index contributed by atoms with van der Waals surface area (Å²) >= 11 is 5.86. The van der Waals surface area contributed by atoms with Crippen molar-refractivity contribution in [2.45, 2.75) is 13.5 Å². The van der Waals surface area contributed by atoms with Crippen molar-refractivity contribution >= 4 is 39.6 Å². The van der Waals surface area contributed by atoms with Crippen LogP contribution in [0.5, 0.6) is 0 Å². The summed E-state index contributed by atoms with van der Waals surface area (Å²) in [5.74, 6) is -0.916. The van der Waals surface area contributed by atoms with E-state index in [4.69, 9.17) is 16.0 Å². The third-order valence-electron chi connectivity index (χ3n) is 4.43. The number of nitrogens with zero attached hydrogens (tertiary/aromatic N) is 1. The standard InChI is InChI=1S/C21H14ClFN2O3/c1-11-15(20(27)24-10-12-2-4-13(22)5-3-12)9-17-19(26)16-8-14(23)6-7-18(16)28-21(17)25-11/h2-9H,10H2,1H3,(H,24,27). The van der Waals surface area contributed by atoms with Gasteiger partial charge in [-0.15, -0.1) is 0 Å². The van der Waals surface area contributed by atoms with E-state index in [1.54, 1.807) is 19.1 Å². The molecule has 0 aliphatic heterocycles. The Morgan fingerprint density at radius 3 is 2.64 bits per heavy atom. The van der Waals surface area contributed by atoms with Crippen LogP contribution < -0.4 is 10.7 Å². The lowest BCUT2D eigenvalue weighted by Crippen LogP contribution is -2.24. The molecule has 4 rings (SSSR count). The first-order valence-corrected chi connectivity index (χ1v) is 8.86. The number of pyridine rings is 1. The molecule has 0 unspecified atom stereocenters. The highest BCUT2D eigenvalue weighted by molar-refractivity contribution is 6.30. The summed E-state index contributed by atoms with van der Waals surface area (Å²) in [5.41, 5.74) is 1.47. The predicted octanol–water partition coefficient (Wildman–Crippen LogP) is 4.37. The van der Waals surface area contributed by atoms with Crippen LogP contribution in [0.4, 0.5) is 4.39 Å². The van der Waals surface area contributed by atoms with Gasteiger partial charge in [-0.25, -0.2) is 9.37 Å². The Labute approximate surface area is 163 Å². The first-order valence-electron chi connectivity index (χ1n) is 8.49. The highest BCUT2D eigenvalue weighted by Gasteiger charge is 2.16. The second kappa shape index (κ2) is 7.05. The third kappa shape index (κ3) is 3.34. The minimum absolute atomic E-state index is 0.102. The van der Waals surface area contributed by atoms with Crippen molar-refractivity contribution in [3.05, 3.63) is 86.4 Å². The van der Waals surface area contributed by atoms with E-state index in [1.807, 2.05) is 12.1 Å². The molecule has 0 bridgehead atoms. The quantitative estimate of drug-likeness (QED) is 0.522. The molecular formula is C21H14ClFN2O3. The van der Waals surface area contributed by atoms with E-state index < -0.39 is 11.2 Å². The van der Waals surface area contributed by atoms with Gasteiger partial charge in [0.05, 0.1) is 22.0 Å². The van der Waals surface area contributed by atoms with Gasteiger partial charge in [0.15, 0.2) is 0 Å². The van der Waals surface area contributed by atoms with Crippen LogP contribution in [-0.4, -0.2) is 10.9 Å². The smallest absolute Gasteiger partial charge is 0.253 e. The Morgan fingerprint density at radius 2 is 1.89 bits per heavy atom. The lowest BCUT2D eigenvalue weighted by Gasteiger charge is -2.09. The Balaban J connectivity index is 1.72. The van der Waals surface area contributed by atoms with E-state index in [2.05, 4.69) is 10.3 Å². The molecule has 7 heteroatoms. The topological polar surface area (TPSA) is 72.2 Å². The number of amides is 1. The van der Waals surface area contributed by atoms with Crippen molar-refractivity contribution < 1.29 is 13.6 Å². The summed E-state index contributed by atoms with van der Waals surface area (Å²) in [6.07, 6.45) is 0. The van der Waals surface area contributed by atoms with Gasteiger partial charge >= 0.3 is 0 Å². The van der Waals surface area contributed by atoms with Crippen LogP contribution in [0.25, 0.3) is 22.1 Å². The monoisotopic (exact) mass is 396 g/mol. The molecule has 2 heterocycles. The number of aryl methyl sites for hydroxylation is 1. The molecule has 0 saturated carbocycles. The van der Waals surface area contributed by atoms with Crippen molar-refractivity contribution in [2.24, 2.45) is 0 Å². The minimum Gasteiger partial charge on any atom is -0.437 e. The molecule has 0 aliphatic rings. The maximum absolute atomic E-state index is 13.5. The number of rotatable bonds is 3. The zero-order valence-electron chi connectivity index (χ0n) is 14.8. The largest absolute Gasteiger partial charge is 0.437 e. The van der Waals surface area contributed by atoms with E-state index >= 15 is 0 Å². The van der Waals surface area contributed by atoms with Crippen LogP contribution in [0.3, 0.4) is 0 Å². The summed E-state index contributed by atoms with van der Waals surface area (Å²) in [7, 11) is 0. The van der Waals surface area contributed by atoms with Crippen molar-refractivity contribution in [1.29, 1.82) is 0 Å². The number of hydrogen-bond acceptors (Lipinski definition) is 4. The molecule has 0 saturated heterocycles. The molecule has 0 radical (unpaired) electrons. The minimum atomic E-state index is -0.542. The fourth-order valence-corrected chi connectivity index (χ4v) is 3.08. The Bertz CT molecular complexity index is 1280. The van der Waals surface area contributed by atoms with Gasteiger partial charge in [0.2, 0.25) is 11.1 Å². The molecule has 0 fully saturated rings. The molecule has 0 aliphatic carbocycles. The summed E-state index contributed by atoms with van der Waals surface area (Å²) in [4.78, 5) is 29.6. The highest BCUT2D eigenvalue weighted by Crippen LogP contribution is 2.20. The highest BCUT2D eigenvalue weighted by atomic mass is 35.5. The Morgan fingerprint density at radius 1 is 1.14 bits per heavy atom. The van der Waals surface area contributed by atoms with Crippen LogP contribution in [0.2, 0.25) is 5.02 Å². The fourth-order valence-electron chi connectivity index (χ4n) is 2.95. The Hall–Kier alpha value is -3.25. The van der Waals surface area contributed by atoms with Crippen LogP contribution >= 0.6 is 11.6 Å². The molecule has 2 aromatic carbocycles. The predicted molar refractivity (Wildman–Crippen MR) is 105 cm³/mol. The molecule has 0 atom stereocenters. The number of hydrogen-bond donors (Lipinski definition) is 1. The van der Waals surface area contributed by atoms with E-state index in [1.165, 1.54) is 18.2 Å². The Kier molecular flexibility index (Phi) is 4.57. The second-order valence-electron chi connectivity index (χ2n) is 6.35. The van der Waals surface area contributed by atoms with Gasteiger partial charge in [0.1, 0.15) is 11.4 Å². The lowest BCUT2D eigenvalue weighted by molar-refractivity contribution is 0.0950. The van der Waals surface area contributed by atoms with Gasteiger partial charge in [-0.1, -0.05) is 23.7 Å². The molecule has 4 aromatic rings. The summed E-state index contributed by atoms with van der Waals surface area (Å²) in [6, 6.07) is 12.2. The number of carbonyl (C=O) groups is 1. The van der Waals surface area contributed by atoms with Crippen molar-refractivity contribution in [1.82, 2.24) is 10.3 Å². The van der Waals surface area contributed by atoms with Crippen molar-refractivity contribution in [3.8, 4) is 0 Å². The number of halogens is 2. The number of benzene rings is 2. The lowest BCUT2D eigenvalue weighted by atomic mass is 10.1. The summed E-state index contributed by atoms with van der Waals surface area (Å²) in [6.45, 7) is 1.95. The van der Waals surface area contributed by atoms with Gasteiger partial charge in [-0.05, 0) is 48.9 Å². The maximum atomic E-state index is 13.5.